The molecule has 5 nitrogen and oxygen atoms in total. The molecule has 0 saturated carbocycles. The van der Waals surface area contributed by atoms with Gasteiger partial charge in [-0.1, -0.05) is 6.07 Å². The van der Waals surface area contributed by atoms with E-state index in [9.17, 15) is 14.0 Å². The zero-order valence-electron chi connectivity index (χ0n) is 8.81. The molecule has 3 N–H and O–H groups in total. The molecule has 1 aromatic heterocycles. The van der Waals surface area contributed by atoms with Crippen LogP contribution in [0.1, 0.15) is 5.56 Å². The van der Waals surface area contributed by atoms with Crippen LogP contribution >= 0.6 is 0 Å². The Morgan fingerprint density at radius 2 is 2.00 bits per heavy atom. The van der Waals surface area contributed by atoms with Crippen LogP contribution in [0.2, 0.25) is 0 Å². The second-order valence-corrected chi connectivity index (χ2v) is 3.58. The first-order valence-electron chi connectivity index (χ1n) is 4.90. The molecule has 0 aliphatic heterocycles. The highest BCUT2D eigenvalue weighted by Crippen LogP contribution is 2.11. The van der Waals surface area contributed by atoms with Crippen LogP contribution in [0.5, 0.6) is 0 Å². The average molecular weight is 235 g/mol. The highest BCUT2D eigenvalue weighted by molar-refractivity contribution is 5.40. The van der Waals surface area contributed by atoms with Crippen LogP contribution in [0.4, 0.5) is 10.1 Å². The molecular formula is C11H10FN3O2. The molecule has 0 amide bonds. The highest BCUT2D eigenvalue weighted by atomic mass is 19.1. The van der Waals surface area contributed by atoms with Crippen LogP contribution in [0.15, 0.2) is 39.9 Å². The van der Waals surface area contributed by atoms with Gasteiger partial charge in [-0.05, 0) is 12.1 Å². The fourth-order valence-corrected chi connectivity index (χ4v) is 1.44. The van der Waals surface area contributed by atoms with Crippen LogP contribution < -0.4 is 16.9 Å². The molecule has 0 saturated heterocycles. The van der Waals surface area contributed by atoms with E-state index in [4.69, 9.17) is 5.73 Å². The molecule has 6 heteroatoms. The van der Waals surface area contributed by atoms with Crippen molar-refractivity contribution in [2.24, 2.45) is 0 Å². The minimum absolute atomic E-state index is 0.0406. The zero-order valence-corrected chi connectivity index (χ0v) is 8.81. The van der Waals surface area contributed by atoms with E-state index in [0.717, 1.165) is 16.8 Å². The van der Waals surface area contributed by atoms with Gasteiger partial charge in [0, 0.05) is 23.4 Å². The van der Waals surface area contributed by atoms with E-state index in [-0.39, 0.29) is 12.1 Å². The van der Waals surface area contributed by atoms with Gasteiger partial charge in [-0.2, -0.15) is 0 Å². The lowest BCUT2D eigenvalue weighted by atomic mass is 10.2. The maximum Gasteiger partial charge on any atom is 0.265 e. The molecule has 2 aromatic rings. The monoisotopic (exact) mass is 235 g/mol. The van der Waals surface area contributed by atoms with E-state index in [1.807, 2.05) is 0 Å². The molecule has 0 aliphatic carbocycles. The van der Waals surface area contributed by atoms with E-state index >= 15 is 0 Å². The van der Waals surface area contributed by atoms with Gasteiger partial charge in [0.2, 0.25) is 0 Å². The average Bonchev–Trinajstić information content (AvgIpc) is 2.27. The third-order valence-corrected chi connectivity index (χ3v) is 2.29. The van der Waals surface area contributed by atoms with E-state index in [1.165, 1.54) is 18.2 Å². The molecule has 2 rings (SSSR count). The van der Waals surface area contributed by atoms with Crippen LogP contribution in [-0.2, 0) is 6.54 Å². The molecule has 0 spiro atoms. The Bertz CT molecular complexity index is 660. The SMILES string of the molecule is Nc1ccc(Cn2[nH]c(=O)ccc2=O)c(F)c1. The lowest BCUT2D eigenvalue weighted by Crippen LogP contribution is -2.28. The minimum atomic E-state index is -0.512. The van der Waals surface area contributed by atoms with Crippen molar-refractivity contribution in [3.63, 3.8) is 0 Å². The number of nitrogens with one attached hydrogen (secondary N) is 1. The molecule has 0 radical (unpaired) electrons. The third-order valence-electron chi connectivity index (χ3n) is 2.29. The Morgan fingerprint density at radius 3 is 2.71 bits per heavy atom. The third kappa shape index (κ3) is 2.41. The van der Waals surface area contributed by atoms with Gasteiger partial charge in [0.05, 0.1) is 6.54 Å². The Morgan fingerprint density at radius 1 is 1.24 bits per heavy atom. The van der Waals surface area contributed by atoms with Gasteiger partial charge in [-0.15, -0.1) is 0 Å². The molecule has 0 fully saturated rings. The van der Waals surface area contributed by atoms with Crippen LogP contribution in [0, 0.1) is 5.82 Å². The maximum atomic E-state index is 13.5. The predicted octanol–water partition coefficient (Wildman–Crippen LogP) is 0.306. The summed E-state index contributed by atoms with van der Waals surface area (Å²) in [5.41, 5.74) is 5.18. The number of H-pyrrole nitrogens is 1. The fraction of sp³-hybridized carbons (Fsp3) is 0.0909. The largest absolute Gasteiger partial charge is 0.399 e. The van der Waals surface area contributed by atoms with Crippen molar-refractivity contribution in [3.8, 4) is 0 Å². The first-order valence-corrected chi connectivity index (χ1v) is 4.90. The van der Waals surface area contributed by atoms with Crippen molar-refractivity contribution in [1.82, 2.24) is 9.78 Å². The minimum Gasteiger partial charge on any atom is -0.399 e. The summed E-state index contributed by atoms with van der Waals surface area (Å²) in [6.45, 7) is -0.0406. The summed E-state index contributed by atoms with van der Waals surface area (Å²) in [5, 5.41) is 2.32. The van der Waals surface area contributed by atoms with Crippen LogP contribution in [-0.4, -0.2) is 9.78 Å². The molecule has 17 heavy (non-hydrogen) atoms. The molecule has 0 unspecified atom stereocenters. The molecule has 1 heterocycles. The number of nitrogen functional groups attached to an aromatic ring is 1. The van der Waals surface area contributed by atoms with Crippen molar-refractivity contribution < 1.29 is 4.39 Å². The maximum absolute atomic E-state index is 13.5. The molecule has 88 valence electrons. The number of nitrogens with zero attached hydrogens (tertiary/aromatic N) is 1. The summed E-state index contributed by atoms with van der Waals surface area (Å²) in [4.78, 5) is 22.4. The van der Waals surface area contributed by atoms with E-state index in [0.29, 0.717) is 5.69 Å². The molecule has 0 bridgehead atoms. The summed E-state index contributed by atoms with van der Waals surface area (Å²) in [6, 6.07) is 6.43. The van der Waals surface area contributed by atoms with E-state index < -0.39 is 16.9 Å². The quantitative estimate of drug-likeness (QED) is 0.735. The lowest BCUT2D eigenvalue weighted by Gasteiger charge is -2.06. The number of rotatable bonds is 2. The smallest absolute Gasteiger partial charge is 0.265 e. The van der Waals surface area contributed by atoms with Crippen molar-refractivity contribution in [1.29, 1.82) is 0 Å². The number of aromatic amines is 1. The number of nitrogens with two attached hydrogens (primary N) is 1. The summed E-state index contributed by atoms with van der Waals surface area (Å²) in [6.07, 6.45) is 0. The molecule has 1 aromatic carbocycles. The van der Waals surface area contributed by atoms with Crippen molar-refractivity contribution >= 4 is 5.69 Å². The van der Waals surface area contributed by atoms with E-state index in [2.05, 4.69) is 5.10 Å². The predicted molar refractivity (Wildman–Crippen MR) is 61.2 cm³/mol. The number of hydrogen-bond donors (Lipinski definition) is 2. The standard InChI is InChI=1S/C11H10FN3O2/c12-9-5-8(13)2-1-7(9)6-15-11(17)4-3-10(16)14-15/h1-5H,6,13H2,(H,14,16). The summed E-state index contributed by atoms with van der Waals surface area (Å²) in [5.74, 6) is -0.512. The normalized spacial score (nSPS) is 10.4. The molecule has 0 aliphatic rings. The number of anilines is 1. The van der Waals surface area contributed by atoms with E-state index in [1.54, 1.807) is 0 Å². The Hall–Kier alpha value is -2.37. The van der Waals surface area contributed by atoms with Crippen molar-refractivity contribution in [3.05, 3.63) is 62.4 Å². The number of hydrogen-bond acceptors (Lipinski definition) is 3. The van der Waals surface area contributed by atoms with Crippen molar-refractivity contribution in [2.45, 2.75) is 6.54 Å². The van der Waals surface area contributed by atoms with Gasteiger partial charge in [0.15, 0.2) is 0 Å². The Labute approximate surface area is 95.3 Å². The molecular weight excluding hydrogens is 225 g/mol. The zero-order chi connectivity index (χ0) is 12.4. The van der Waals surface area contributed by atoms with Crippen LogP contribution in [0.3, 0.4) is 0 Å². The second-order valence-electron chi connectivity index (χ2n) is 3.58. The Kier molecular flexibility index (Phi) is 2.78. The van der Waals surface area contributed by atoms with Gasteiger partial charge < -0.3 is 5.73 Å². The second kappa shape index (κ2) is 4.25. The first-order chi connectivity index (χ1) is 8.06. The highest BCUT2D eigenvalue weighted by Gasteiger charge is 2.05. The summed E-state index contributed by atoms with van der Waals surface area (Å²) >= 11 is 0. The fourth-order valence-electron chi connectivity index (χ4n) is 1.44. The molecule has 0 atom stereocenters. The lowest BCUT2D eigenvalue weighted by molar-refractivity contribution is 0.568. The number of aromatic nitrogens is 2. The van der Waals surface area contributed by atoms with Gasteiger partial charge >= 0.3 is 0 Å². The summed E-state index contributed by atoms with van der Waals surface area (Å²) < 4.78 is 14.5. The van der Waals surface area contributed by atoms with Crippen LogP contribution in [0.25, 0.3) is 0 Å². The first kappa shape index (κ1) is 11.1. The topological polar surface area (TPSA) is 80.9 Å². The Balaban J connectivity index is 2.41. The number of halogens is 1. The van der Waals surface area contributed by atoms with Gasteiger partial charge in [0.1, 0.15) is 5.82 Å². The van der Waals surface area contributed by atoms with Crippen molar-refractivity contribution in [2.75, 3.05) is 5.73 Å². The van der Waals surface area contributed by atoms with Gasteiger partial charge in [0.25, 0.3) is 11.1 Å². The van der Waals surface area contributed by atoms with Gasteiger partial charge in [-0.3, -0.25) is 14.7 Å². The van der Waals surface area contributed by atoms with Gasteiger partial charge in [-0.25, -0.2) is 9.07 Å². The number of benzene rings is 1. The summed E-state index contributed by atoms with van der Waals surface area (Å²) in [7, 11) is 0.